The number of pyridine rings is 1. The lowest BCUT2D eigenvalue weighted by Gasteiger charge is -2.38. The third-order valence-electron chi connectivity index (χ3n) is 4.22. The maximum atomic E-state index is 12.6. The fraction of sp³-hybridized carbons (Fsp3) is 0.143. The summed E-state index contributed by atoms with van der Waals surface area (Å²) < 4.78 is 12.4. The van der Waals surface area contributed by atoms with Gasteiger partial charge in [-0.1, -0.05) is 18.2 Å². The number of rotatable bonds is 5. The highest BCUT2D eigenvalue weighted by Crippen LogP contribution is 2.26. The van der Waals surface area contributed by atoms with Crippen LogP contribution in [0.3, 0.4) is 0 Å². The topological polar surface area (TPSA) is 51.7 Å². The molecule has 6 heteroatoms. The summed E-state index contributed by atoms with van der Waals surface area (Å²) >= 11 is 3.41. The molecule has 0 unspecified atom stereocenters. The van der Waals surface area contributed by atoms with Gasteiger partial charge in [0.05, 0.1) is 17.6 Å². The van der Waals surface area contributed by atoms with Gasteiger partial charge in [-0.25, -0.2) is 4.98 Å². The zero-order chi connectivity index (χ0) is 18.6. The quantitative estimate of drug-likeness (QED) is 0.603. The van der Waals surface area contributed by atoms with Crippen molar-refractivity contribution < 1.29 is 14.3 Å². The Morgan fingerprint density at radius 3 is 2.37 bits per heavy atom. The number of hydrogen-bond donors (Lipinski definition) is 0. The molecule has 1 aliphatic rings. The molecule has 0 bridgehead atoms. The van der Waals surface area contributed by atoms with E-state index in [0.29, 0.717) is 30.3 Å². The van der Waals surface area contributed by atoms with Crippen LogP contribution in [0.4, 0.5) is 0 Å². The molecule has 1 aliphatic heterocycles. The SMILES string of the molecule is O=C(c1ccc(Oc2ccccc2)cc1)N1CC(Oc2ncccc2Br)C1. The number of halogens is 1. The van der Waals surface area contributed by atoms with E-state index in [2.05, 4.69) is 20.9 Å². The number of nitrogens with zero attached hydrogens (tertiary/aromatic N) is 2. The Kier molecular flexibility index (Phi) is 5.07. The molecule has 1 amide bonds. The summed E-state index contributed by atoms with van der Waals surface area (Å²) in [4.78, 5) is 18.5. The first-order valence-corrected chi connectivity index (χ1v) is 9.38. The molecule has 136 valence electrons. The van der Waals surface area contributed by atoms with Crippen molar-refractivity contribution in [3.8, 4) is 17.4 Å². The number of amides is 1. The molecule has 1 saturated heterocycles. The number of aromatic nitrogens is 1. The third-order valence-corrected chi connectivity index (χ3v) is 4.82. The fourth-order valence-corrected chi connectivity index (χ4v) is 3.12. The first kappa shape index (κ1) is 17.5. The lowest BCUT2D eigenvalue weighted by Crippen LogP contribution is -2.56. The van der Waals surface area contributed by atoms with Gasteiger partial charge >= 0.3 is 0 Å². The zero-order valence-corrected chi connectivity index (χ0v) is 16.0. The number of ether oxygens (including phenoxy) is 2. The first-order chi connectivity index (χ1) is 13.2. The number of benzene rings is 2. The van der Waals surface area contributed by atoms with E-state index in [0.717, 1.165) is 10.2 Å². The van der Waals surface area contributed by atoms with Gasteiger partial charge in [-0.15, -0.1) is 0 Å². The molecular formula is C21H17BrN2O3. The number of para-hydroxylation sites is 1. The van der Waals surface area contributed by atoms with Crippen LogP contribution in [-0.2, 0) is 0 Å². The summed E-state index contributed by atoms with van der Waals surface area (Å²) in [5.41, 5.74) is 0.632. The molecule has 27 heavy (non-hydrogen) atoms. The van der Waals surface area contributed by atoms with Crippen LogP contribution in [0.2, 0.25) is 0 Å². The molecule has 2 heterocycles. The van der Waals surface area contributed by atoms with Crippen molar-refractivity contribution in [2.75, 3.05) is 13.1 Å². The predicted molar refractivity (Wildman–Crippen MR) is 105 cm³/mol. The Bertz CT molecular complexity index is 926. The van der Waals surface area contributed by atoms with E-state index in [4.69, 9.17) is 9.47 Å². The Balaban J connectivity index is 1.32. The summed E-state index contributed by atoms with van der Waals surface area (Å²) in [6.45, 7) is 1.09. The predicted octanol–water partition coefficient (Wildman–Crippen LogP) is 4.54. The van der Waals surface area contributed by atoms with Crippen molar-refractivity contribution in [3.63, 3.8) is 0 Å². The van der Waals surface area contributed by atoms with Crippen LogP contribution in [0.25, 0.3) is 0 Å². The number of carbonyl (C=O) groups excluding carboxylic acids is 1. The van der Waals surface area contributed by atoms with Gasteiger partial charge in [0.25, 0.3) is 5.91 Å². The standard InChI is InChI=1S/C21H17BrN2O3/c22-19-7-4-12-23-20(19)27-18-13-24(14-18)21(25)15-8-10-17(11-9-15)26-16-5-2-1-3-6-16/h1-12,18H,13-14H2. The van der Waals surface area contributed by atoms with Gasteiger partial charge in [0, 0.05) is 11.8 Å². The summed E-state index contributed by atoms with van der Waals surface area (Å²) in [6.07, 6.45) is 1.64. The molecule has 4 rings (SSSR count). The Morgan fingerprint density at radius 1 is 0.963 bits per heavy atom. The van der Waals surface area contributed by atoms with Crippen molar-refractivity contribution in [2.24, 2.45) is 0 Å². The monoisotopic (exact) mass is 424 g/mol. The van der Waals surface area contributed by atoms with E-state index in [1.165, 1.54) is 0 Å². The molecule has 5 nitrogen and oxygen atoms in total. The average Bonchev–Trinajstić information content (AvgIpc) is 2.67. The molecule has 1 fully saturated rings. The Labute approximate surface area is 165 Å². The van der Waals surface area contributed by atoms with Crippen molar-refractivity contribution in [1.82, 2.24) is 9.88 Å². The molecule has 0 spiro atoms. The minimum Gasteiger partial charge on any atom is -0.470 e. The van der Waals surface area contributed by atoms with Gasteiger partial charge in [0.15, 0.2) is 0 Å². The van der Waals surface area contributed by atoms with Gasteiger partial charge in [0.1, 0.15) is 17.6 Å². The van der Waals surface area contributed by atoms with Gasteiger partial charge < -0.3 is 14.4 Å². The molecule has 0 radical (unpaired) electrons. The van der Waals surface area contributed by atoms with Crippen molar-refractivity contribution in [1.29, 1.82) is 0 Å². The second kappa shape index (κ2) is 7.80. The number of carbonyl (C=O) groups is 1. The lowest BCUT2D eigenvalue weighted by atomic mass is 10.1. The van der Waals surface area contributed by atoms with Crippen LogP contribution in [-0.4, -0.2) is 35.0 Å². The third kappa shape index (κ3) is 4.11. The second-order valence-electron chi connectivity index (χ2n) is 6.18. The Morgan fingerprint density at radius 2 is 1.67 bits per heavy atom. The smallest absolute Gasteiger partial charge is 0.254 e. The van der Waals surface area contributed by atoms with Crippen molar-refractivity contribution in [3.05, 3.63) is 83.0 Å². The first-order valence-electron chi connectivity index (χ1n) is 8.58. The second-order valence-corrected chi connectivity index (χ2v) is 7.03. The molecule has 0 saturated carbocycles. The molecular weight excluding hydrogens is 408 g/mol. The van der Waals surface area contributed by atoms with Crippen molar-refractivity contribution in [2.45, 2.75) is 6.10 Å². The van der Waals surface area contributed by atoms with E-state index in [1.54, 1.807) is 35.4 Å². The highest BCUT2D eigenvalue weighted by Gasteiger charge is 2.33. The van der Waals surface area contributed by atoms with E-state index in [-0.39, 0.29) is 12.0 Å². The molecule has 2 aromatic carbocycles. The van der Waals surface area contributed by atoms with Gasteiger partial charge in [-0.2, -0.15) is 0 Å². The van der Waals surface area contributed by atoms with Crippen LogP contribution in [0.15, 0.2) is 77.4 Å². The van der Waals surface area contributed by atoms with Crippen molar-refractivity contribution >= 4 is 21.8 Å². The van der Waals surface area contributed by atoms with Crippen LogP contribution in [0.5, 0.6) is 17.4 Å². The number of likely N-dealkylation sites (tertiary alicyclic amines) is 1. The highest BCUT2D eigenvalue weighted by atomic mass is 79.9. The Hall–Kier alpha value is -2.86. The van der Waals surface area contributed by atoms with E-state index >= 15 is 0 Å². The summed E-state index contributed by atoms with van der Waals surface area (Å²) in [5, 5.41) is 0. The molecule has 0 N–H and O–H groups in total. The minimum atomic E-state index is -0.0409. The lowest BCUT2D eigenvalue weighted by molar-refractivity contribution is 0.0157. The summed E-state index contributed by atoms with van der Waals surface area (Å²) in [5.74, 6) is 2.00. The average molecular weight is 425 g/mol. The minimum absolute atomic E-state index is 0.0128. The van der Waals surface area contributed by atoms with Crippen LogP contribution in [0.1, 0.15) is 10.4 Å². The van der Waals surface area contributed by atoms with Gasteiger partial charge in [-0.05, 0) is 64.5 Å². The van der Waals surface area contributed by atoms with Crippen LogP contribution >= 0.6 is 15.9 Å². The van der Waals surface area contributed by atoms with Gasteiger partial charge in [0.2, 0.25) is 5.88 Å². The van der Waals surface area contributed by atoms with Crippen LogP contribution < -0.4 is 9.47 Å². The summed E-state index contributed by atoms with van der Waals surface area (Å²) in [7, 11) is 0. The van der Waals surface area contributed by atoms with Gasteiger partial charge in [-0.3, -0.25) is 4.79 Å². The fourth-order valence-electron chi connectivity index (χ4n) is 2.77. The normalized spacial score (nSPS) is 13.7. The molecule has 1 aromatic heterocycles. The largest absolute Gasteiger partial charge is 0.470 e. The van der Waals surface area contributed by atoms with E-state index < -0.39 is 0 Å². The maximum Gasteiger partial charge on any atom is 0.254 e. The molecule has 0 aliphatic carbocycles. The highest BCUT2D eigenvalue weighted by molar-refractivity contribution is 9.10. The number of hydrogen-bond acceptors (Lipinski definition) is 4. The van der Waals surface area contributed by atoms with E-state index in [1.807, 2.05) is 42.5 Å². The molecule has 3 aromatic rings. The van der Waals surface area contributed by atoms with E-state index in [9.17, 15) is 4.79 Å². The van der Waals surface area contributed by atoms with Crippen LogP contribution in [0, 0.1) is 0 Å². The molecule has 0 atom stereocenters. The zero-order valence-electron chi connectivity index (χ0n) is 14.4. The maximum absolute atomic E-state index is 12.6. The summed E-state index contributed by atoms with van der Waals surface area (Å²) in [6, 6.07) is 20.4.